The summed E-state index contributed by atoms with van der Waals surface area (Å²) in [5.41, 5.74) is 1.09. The lowest BCUT2D eigenvalue weighted by atomic mass is 10.1. The first-order valence-electron chi connectivity index (χ1n) is 6.18. The minimum Gasteiger partial charge on any atom is -0.352 e. The number of rotatable bonds is 3. The number of nitrogens with zero attached hydrogens (tertiary/aromatic N) is 3. The van der Waals surface area contributed by atoms with E-state index in [1.807, 2.05) is 6.92 Å². The van der Waals surface area contributed by atoms with Crippen molar-refractivity contribution in [2.24, 2.45) is 0 Å². The van der Waals surface area contributed by atoms with Crippen molar-refractivity contribution in [2.45, 2.75) is 39.3 Å². The molecule has 0 aromatic carbocycles. The van der Waals surface area contributed by atoms with Crippen LogP contribution in [0.1, 0.15) is 25.5 Å². The number of hydrogen-bond acceptors (Lipinski definition) is 3. The average Bonchev–Trinajstić information content (AvgIpc) is 2.59. The van der Waals surface area contributed by atoms with Crippen molar-refractivity contribution in [3.63, 3.8) is 0 Å². The maximum atomic E-state index is 4.53. The molecule has 2 heterocycles. The van der Waals surface area contributed by atoms with Gasteiger partial charge >= 0.3 is 0 Å². The number of imidazole rings is 1. The second-order valence-electron chi connectivity index (χ2n) is 4.74. The number of aryl methyl sites for hydroxylation is 2. The van der Waals surface area contributed by atoms with Gasteiger partial charge < -0.3 is 14.8 Å². The predicted molar refractivity (Wildman–Crippen MR) is 66.8 cm³/mol. The minimum absolute atomic E-state index is 0.547. The van der Waals surface area contributed by atoms with E-state index in [1.165, 1.54) is 19.4 Å². The summed E-state index contributed by atoms with van der Waals surface area (Å²) in [6.45, 7) is 7.52. The fourth-order valence-electron chi connectivity index (χ4n) is 2.37. The van der Waals surface area contributed by atoms with Crippen LogP contribution in [-0.4, -0.2) is 40.6 Å². The molecule has 0 spiro atoms. The molecule has 0 amide bonds. The van der Waals surface area contributed by atoms with Gasteiger partial charge in [-0.1, -0.05) is 0 Å². The molecule has 1 aromatic heterocycles. The quantitative estimate of drug-likeness (QED) is 0.845. The van der Waals surface area contributed by atoms with Crippen LogP contribution in [0.2, 0.25) is 0 Å². The highest BCUT2D eigenvalue weighted by Crippen LogP contribution is 2.15. The van der Waals surface area contributed by atoms with E-state index >= 15 is 0 Å². The van der Waals surface area contributed by atoms with Crippen molar-refractivity contribution in [2.75, 3.05) is 25.5 Å². The summed E-state index contributed by atoms with van der Waals surface area (Å²) < 4.78 is 2.18. The summed E-state index contributed by atoms with van der Waals surface area (Å²) in [5, 5.41) is 3.56. The molecule has 1 fully saturated rings. The van der Waals surface area contributed by atoms with Gasteiger partial charge in [-0.2, -0.15) is 0 Å². The zero-order valence-electron chi connectivity index (χ0n) is 10.5. The van der Waals surface area contributed by atoms with Gasteiger partial charge in [-0.3, -0.25) is 0 Å². The van der Waals surface area contributed by atoms with Gasteiger partial charge in [-0.25, -0.2) is 4.98 Å². The van der Waals surface area contributed by atoms with Crippen molar-refractivity contribution >= 4 is 5.95 Å². The third kappa shape index (κ3) is 2.55. The summed E-state index contributed by atoms with van der Waals surface area (Å²) in [5.74, 6) is 1.03. The van der Waals surface area contributed by atoms with Gasteiger partial charge in [-0.15, -0.1) is 0 Å². The molecule has 4 heteroatoms. The standard InChI is InChI=1S/C12H22N4/c1-4-16-8-10(2)13-12(16)14-11-6-5-7-15(3)9-11/h8,11H,4-7,9H2,1-3H3,(H,13,14). The molecular weight excluding hydrogens is 200 g/mol. The van der Waals surface area contributed by atoms with E-state index < -0.39 is 0 Å². The molecule has 4 nitrogen and oxygen atoms in total. The van der Waals surface area contributed by atoms with E-state index in [0.717, 1.165) is 24.7 Å². The number of nitrogens with one attached hydrogen (secondary N) is 1. The van der Waals surface area contributed by atoms with E-state index in [2.05, 4.69) is 39.9 Å². The van der Waals surface area contributed by atoms with Crippen LogP contribution in [0.3, 0.4) is 0 Å². The van der Waals surface area contributed by atoms with E-state index in [9.17, 15) is 0 Å². The van der Waals surface area contributed by atoms with E-state index in [-0.39, 0.29) is 0 Å². The van der Waals surface area contributed by atoms with Gasteiger partial charge in [-0.05, 0) is 40.3 Å². The summed E-state index contributed by atoms with van der Waals surface area (Å²) in [6.07, 6.45) is 4.63. The Morgan fingerprint density at radius 2 is 2.38 bits per heavy atom. The molecule has 1 unspecified atom stereocenters. The van der Waals surface area contributed by atoms with E-state index in [4.69, 9.17) is 0 Å². The minimum atomic E-state index is 0.547. The van der Waals surface area contributed by atoms with Crippen LogP contribution in [0, 0.1) is 6.92 Å². The third-order valence-electron chi connectivity index (χ3n) is 3.20. The lowest BCUT2D eigenvalue weighted by molar-refractivity contribution is 0.260. The van der Waals surface area contributed by atoms with Crippen molar-refractivity contribution in [1.82, 2.24) is 14.5 Å². The highest BCUT2D eigenvalue weighted by Gasteiger charge is 2.18. The molecule has 16 heavy (non-hydrogen) atoms. The first-order chi connectivity index (χ1) is 7.69. The maximum absolute atomic E-state index is 4.53. The van der Waals surface area contributed by atoms with Crippen LogP contribution in [0.15, 0.2) is 6.20 Å². The van der Waals surface area contributed by atoms with Crippen LogP contribution < -0.4 is 5.32 Å². The van der Waals surface area contributed by atoms with Crippen LogP contribution in [0.25, 0.3) is 0 Å². The molecule has 1 atom stereocenters. The smallest absolute Gasteiger partial charge is 0.203 e. The fourth-order valence-corrected chi connectivity index (χ4v) is 2.37. The number of likely N-dealkylation sites (tertiary alicyclic amines) is 1. The molecule has 2 rings (SSSR count). The predicted octanol–water partition coefficient (Wildman–Crippen LogP) is 1.72. The molecule has 0 saturated carbocycles. The molecule has 1 aliphatic heterocycles. The van der Waals surface area contributed by atoms with Gasteiger partial charge in [0.05, 0.1) is 5.69 Å². The number of anilines is 1. The van der Waals surface area contributed by atoms with Gasteiger partial charge in [0.25, 0.3) is 0 Å². The number of likely N-dealkylation sites (N-methyl/N-ethyl adjacent to an activating group) is 1. The molecule has 0 bridgehead atoms. The highest BCUT2D eigenvalue weighted by atomic mass is 15.2. The number of aromatic nitrogens is 2. The summed E-state index contributed by atoms with van der Waals surface area (Å²) >= 11 is 0. The molecular formula is C12H22N4. The lowest BCUT2D eigenvalue weighted by Gasteiger charge is -2.30. The van der Waals surface area contributed by atoms with E-state index in [0.29, 0.717) is 6.04 Å². The fraction of sp³-hybridized carbons (Fsp3) is 0.750. The Bertz CT molecular complexity index is 345. The zero-order chi connectivity index (χ0) is 11.5. The molecule has 0 radical (unpaired) electrons. The maximum Gasteiger partial charge on any atom is 0.203 e. The molecule has 1 N–H and O–H groups in total. The summed E-state index contributed by atoms with van der Waals surface area (Å²) in [4.78, 5) is 6.92. The Morgan fingerprint density at radius 3 is 3.06 bits per heavy atom. The van der Waals surface area contributed by atoms with Crippen molar-refractivity contribution in [1.29, 1.82) is 0 Å². The van der Waals surface area contributed by atoms with Crippen molar-refractivity contribution in [3.8, 4) is 0 Å². The Kier molecular flexibility index (Phi) is 3.49. The van der Waals surface area contributed by atoms with Crippen LogP contribution in [0.4, 0.5) is 5.95 Å². The Balaban J connectivity index is 2.02. The Hall–Kier alpha value is -1.03. The summed E-state index contributed by atoms with van der Waals surface area (Å²) in [6, 6.07) is 0.547. The van der Waals surface area contributed by atoms with Gasteiger partial charge in [0, 0.05) is 25.3 Å². The third-order valence-corrected chi connectivity index (χ3v) is 3.20. The van der Waals surface area contributed by atoms with Crippen molar-refractivity contribution in [3.05, 3.63) is 11.9 Å². The van der Waals surface area contributed by atoms with Gasteiger partial charge in [0.2, 0.25) is 5.95 Å². The molecule has 1 saturated heterocycles. The molecule has 1 aliphatic rings. The largest absolute Gasteiger partial charge is 0.352 e. The molecule has 1 aromatic rings. The molecule has 0 aliphatic carbocycles. The number of hydrogen-bond donors (Lipinski definition) is 1. The second kappa shape index (κ2) is 4.87. The van der Waals surface area contributed by atoms with Gasteiger partial charge in [0.15, 0.2) is 0 Å². The Labute approximate surface area is 97.7 Å². The normalized spacial score (nSPS) is 22.3. The SMILES string of the molecule is CCn1cc(C)nc1NC1CCCN(C)C1. The second-order valence-corrected chi connectivity index (χ2v) is 4.74. The monoisotopic (exact) mass is 222 g/mol. The van der Waals surface area contributed by atoms with Crippen LogP contribution >= 0.6 is 0 Å². The first kappa shape index (κ1) is 11.5. The van der Waals surface area contributed by atoms with E-state index in [1.54, 1.807) is 0 Å². The molecule has 90 valence electrons. The average molecular weight is 222 g/mol. The summed E-state index contributed by atoms with van der Waals surface area (Å²) in [7, 11) is 2.19. The number of piperidine rings is 1. The van der Waals surface area contributed by atoms with Crippen LogP contribution in [0.5, 0.6) is 0 Å². The topological polar surface area (TPSA) is 33.1 Å². The zero-order valence-corrected chi connectivity index (χ0v) is 10.5. The van der Waals surface area contributed by atoms with Crippen molar-refractivity contribution < 1.29 is 0 Å². The van der Waals surface area contributed by atoms with Gasteiger partial charge in [0.1, 0.15) is 0 Å². The lowest BCUT2D eigenvalue weighted by Crippen LogP contribution is -2.40. The van der Waals surface area contributed by atoms with Crippen LogP contribution in [-0.2, 0) is 6.54 Å². The Morgan fingerprint density at radius 1 is 1.56 bits per heavy atom. The first-order valence-corrected chi connectivity index (χ1v) is 6.18. The highest BCUT2D eigenvalue weighted by molar-refractivity contribution is 5.30.